The van der Waals surface area contributed by atoms with Crippen LogP contribution in [0, 0.1) is 0 Å². The van der Waals surface area contributed by atoms with E-state index in [0.29, 0.717) is 0 Å². The molecule has 9 heteroatoms. The third-order valence-electron chi connectivity index (χ3n) is 25.6. The van der Waals surface area contributed by atoms with Gasteiger partial charge in [-0.3, -0.25) is 15.0 Å². The van der Waals surface area contributed by atoms with Crippen molar-refractivity contribution in [2.75, 3.05) is 0 Å². The molecule has 0 radical (unpaired) electrons. The van der Waals surface area contributed by atoms with Gasteiger partial charge in [-0.2, -0.15) is 0 Å². The van der Waals surface area contributed by atoms with Gasteiger partial charge >= 0.3 is 0 Å². The predicted molar refractivity (Wildman–Crippen MR) is 551 cm³/mol. The lowest BCUT2D eigenvalue weighted by Gasteiger charge is -2.12. The number of nitrogens with zero attached hydrogens (tertiary/aromatic N) is 6. The van der Waals surface area contributed by atoms with E-state index < -0.39 is 0 Å². The molecular formula is C120H72N6S3. The molecule has 6 heterocycles. The lowest BCUT2D eigenvalue weighted by atomic mass is 9.93. The topological polar surface area (TPSA) is 77.3 Å². The Hall–Kier alpha value is -16.1. The van der Waals surface area contributed by atoms with Crippen molar-refractivity contribution in [3.8, 4) is 101 Å². The van der Waals surface area contributed by atoms with Crippen LogP contribution in [0.15, 0.2) is 437 Å². The third kappa shape index (κ3) is 13.1. The highest BCUT2D eigenvalue weighted by Gasteiger charge is 2.21. The fourth-order valence-corrected chi connectivity index (χ4v) is 23.1. The van der Waals surface area contributed by atoms with Gasteiger partial charge in [0.1, 0.15) is 0 Å². The monoisotopic (exact) mass is 1690 g/mol. The van der Waals surface area contributed by atoms with E-state index in [2.05, 4.69) is 419 Å². The largest absolute Gasteiger partial charge is 0.252 e. The Kier molecular flexibility index (Phi) is 18.4. The van der Waals surface area contributed by atoms with Crippen LogP contribution in [0.4, 0.5) is 0 Å². The van der Waals surface area contributed by atoms with E-state index in [0.717, 1.165) is 99.2 Å². The van der Waals surface area contributed by atoms with E-state index in [1.54, 1.807) is 0 Å². The van der Waals surface area contributed by atoms with Crippen molar-refractivity contribution in [1.82, 2.24) is 29.9 Å². The zero-order chi connectivity index (χ0) is 85.0. The van der Waals surface area contributed by atoms with Crippen molar-refractivity contribution in [1.29, 1.82) is 0 Å². The highest BCUT2D eigenvalue weighted by atomic mass is 32.1. The van der Waals surface area contributed by atoms with Crippen molar-refractivity contribution in [3.63, 3.8) is 0 Å². The minimum Gasteiger partial charge on any atom is -0.252 e. The molecule has 0 amide bonds. The molecule has 0 aliphatic rings. The van der Waals surface area contributed by atoms with Crippen LogP contribution in [0.3, 0.4) is 0 Å². The summed E-state index contributed by atoms with van der Waals surface area (Å²) < 4.78 is 8.00. The van der Waals surface area contributed by atoms with E-state index in [1.165, 1.54) is 160 Å². The van der Waals surface area contributed by atoms with Crippen molar-refractivity contribution < 1.29 is 0 Å². The second-order valence-corrected chi connectivity index (χ2v) is 36.1. The van der Waals surface area contributed by atoms with Crippen LogP contribution >= 0.6 is 34.0 Å². The first-order valence-electron chi connectivity index (χ1n) is 43.5. The molecule has 0 spiro atoms. The fraction of sp³-hybridized carbons (Fsp3) is 0. The Morgan fingerprint density at radius 2 is 0.372 bits per heavy atom. The van der Waals surface area contributed by atoms with Crippen LogP contribution in [0.25, 0.3) is 259 Å². The van der Waals surface area contributed by atoms with Crippen LogP contribution in [-0.4, -0.2) is 29.9 Å². The zero-order valence-electron chi connectivity index (χ0n) is 69.5. The van der Waals surface area contributed by atoms with Crippen LogP contribution in [-0.2, 0) is 0 Å². The molecule has 0 bridgehead atoms. The molecule has 0 aliphatic heterocycles. The average Bonchev–Trinajstić information content (AvgIpc) is 1.33. The van der Waals surface area contributed by atoms with Gasteiger partial charge in [-0.1, -0.05) is 394 Å². The average molecular weight is 1690 g/mol. The summed E-state index contributed by atoms with van der Waals surface area (Å²) in [6.07, 6.45) is 5.72. The Morgan fingerprint density at radius 1 is 0.140 bits per heavy atom. The maximum atomic E-state index is 5.19. The quantitative estimate of drug-likeness (QED) is 0.134. The van der Waals surface area contributed by atoms with Gasteiger partial charge in [-0.05, 0) is 118 Å². The Morgan fingerprint density at radius 3 is 0.736 bits per heavy atom. The normalized spacial score (nSPS) is 11.7. The molecule has 0 saturated heterocycles. The van der Waals surface area contributed by atoms with Gasteiger partial charge in [-0.25, -0.2) is 15.0 Å². The molecule has 600 valence electrons. The van der Waals surface area contributed by atoms with Gasteiger partial charge in [0.05, 0.1) is 68.8 Å². The van der Waals surface area contributed by atoms with Crippen LogP contribution in [0.2, 0.25) is 0 Å². The number of hydrogen-bond acceptors (Lipinski definition) is 9. The van der Waals surface area contributed by atoms with Gasteiger partial charge in [0, 0.05) is 115 Å². The summed E-state index contributed by atoms with van der Waals surface area (Å²) in [6, 6.07) is 150. The van der Waals surface area contributed by atoms with E-state index in [-0.39, 0.29) is 0 Å². The third-order valence-corrected chi connectivity index (χ3v) is 29.3. The number of hydrogen-bond donors (Lipinski definition) is 0. The van der Waals surface area contributed by atoms with E-state index in [9.17, 15) is 0 Å². The summed E-state index contributed by atoms with van der Waals surface area (Å²) in [7, 11) is 0. The van der Waals surface area contributed by atoms with E-state index >= 15 is 0 Å². The summed E-state index contributed by atoms with van der Waals surface area (Å²) in [5, 5.41) is 22.0. The molecule has 21 aromatic carbocycles. The van der Waals surface area contributed by atoms with Crippen LogP contribution in [0.5, 0.6) is 0 Å². The summed E-state index contributed by atoms with van der Waals surface area (Å²) in [4.78, 5) is 30.3. The van der Waals surface area contributed by atoms with Crippen LogP contribution < -0.4 is 0 Å². The Balaban J connectivity index is 0.000000105. The molecular weight excluding hydrogens is 1620 g/mol. The minimum absolute atomic E-state index is 0.878. The number of fused-ring (bicyclic) bond motifs is 27. The molecule has 0 aliphatic carbocycles. The van der Waals surface area contributed by atoms with Gasteiger partial charge in [0.25, 0.3) is 0 Å². The molecule has 0 N–H and O–H groups in total. The Bertz CT molecular complexity index is 9090. The number of rotatable bonds is 9. The summed E-state index contributed by atoms with van der Waals surface area (Å²) >= 11 is 5.62. The van der Waals surface area contributed by atoms with Crippen molar-refractivity contribution in [2.24, 2.45) is 0 Å². The minimum atomic E-state index is 0.878. The van der Waals surface area contributed by atoms with Crippen molar-refractivity contribution in [3.05, 3.63) is 437 Å². The standard InChI is InChI=1S/3C40H24N2S/c1-3-14-33-30(11-1)31-12-2-4-15-34(31)39-38(33)41-24-36(42-39)26-21-19-25(20-22-26)27-9-7-10-28(23-27)29-16-8-17-35-32-13-5-6-18-37(32)43-40(29)35;1-3-11-33-30(8-1)31-9-2-4-12-34(31)39-38(33)41-24-36(42-39)28-22-18-26(19-23-28)25-16-20-27(21-17-25)29-13-7-14-35-32-10-5-6-15-37(32)43-40(29)35;1-2-11-28(34-17-9-18-35-31-14-7-8-19-37(31)43-40(34)35)27(10-1)25-20-22-26(23-21-25)36-24-41-38-32-15-5-3-12-29(32)30-13-4-6-16-33(30)39(38)42-36/h3*1-24H. The lowest BCUT2D eigenvalue weighted by molar-refractivity contribution is 1.31. The van der Waals surface area contributed by atoms with Crippen molar-refractivity contribution >= 4 is 192 Å². The highest BCUT2D eigenvalue weighted by Crippen LogP contribution is 2.47. The molecule has 0 saturated carbocycles. The molecule has 0 fully saturated rings. The highest BCUT2D eigenvalue weighted by molar-refractivity contribution is 7.27. The molecule has 0 unspecified atom stereocenters. The van der Waals surface area contributed by atoms with Crippen LogP contribution in [0.1, 0.15) is 0 Å². The first-order valence-corrected chi connectivity index (χ1v) is 45.9. The van der Waals surface area contributed by atoms with Gasteiger partial charge in [0.15, 0.2) is 0 Å². The SMILES string of the molecule is c1cc(-c2ccc(-c3cnc4c5ccccc5c5ccccc5c4n3)cc2)cc(-c2cccc3c2sc2ccccc23)c1.c1ccc(-c2cccc3c2sc2ccccc23)c(-c2ccc(-c3cnc4c5ccccc5c5ccccc5c4n3)cc2)c1.c1ccc2c(c1)sc1c(-c3ccc(-c4ccc(-c5cnc6c7ccccc7c7ccccc7c6n5)cc4)cc3)cccc12. The number of aromatic nitrogens is 6. The molecule has 6 nitrogen and oxygen atoms in total. The first-order chi connectivity index (χ1) is 64.0. The number of benzene rings is 21. The van der Waals surface area contributed by atoms with Gasteiger partial charge in [0.2, 0.25) is 0 Å². The molecule has 0 atom stereocenters. The molecule has 27 rings (SSSR count). The summed E-state index contributed by atoms with van der Waals surface area (Å²) in [5.41, 5.74) is 26.2. The van der Waals surface area contributed by atoms with Gasteiger partial charge < -0.3 is 0 Å². The second kappa shape index (κ2) is 31.5. The van der Waals surface area contributed by atoms with E-state index in [1.807, 2.05) is 52.6 Å². The maximum Gasteiger partial charge on any atom is 0.0979 e. The van der Waals surface area contributed by atoms with Crippen molar-refractivity contribution in [2.45, 2.75) is 0 Å². The lowest BCUT2D eigenvalue weighted by Crippen LogP contribution is -1.92. The number of thiophene rings is 3. The van der Waals surface area contributed by atoms with E-state index in [4.69, 9.17) is 29.9 Å². The fourth-order valence-electron chi connectivity index (χ4n) is 19.4. The smallest absolute Gasteiger partial charge is 0.0979 e. The summed E-state index contributed by atoms with van der Waals surface area (Å²) in [6.45, 7) is 0. The van der Waals surface area contributed by atoms with Gasteiger partial charge in [-0.15, -0.1) is 34.0 Å². The zero-order valence-corrected chi connectivity index (χ0v) is 71.9. The summed E-state index contributed by atoms with van der Waals surface area (Å²) in [5.74, 6) is 0. The maximum absolute atomic E-state index is 5.19. The second-order valence-electron chi connectivity index (χ2n) is 32.9. The molecule has 6 aromatic heterocycles. The first kappa shape index (κ1) is 75.4. The Labute approximate surface area is 754 Å². The predicted octanol–water partition coefficient (Wildman–Crippen LogP) is 33.9. The molecule has 27 aromatic rings. The molecule has 129 heavy (non-hydrogen) atoms.